The van der Waals surface area contributed by atoms with Gasteiger partial charge in [-0.25, -0.2) is 4.98 Å². The predicted molar refractivity (Wildman–Crippen MR) is 76.4 cm³/mol. The molecule has 2 aromatic rings. The number of hydrogen-bond acceptors (Lipinski definition) is 3. The van der Waals surface area contributed by atoms with E-state index >= 15 is 0 Å². The molecule has 4 nitrogen and oxygen atoms in total. The van der Waals surface area contributed by atoms with E-state index in [-0.39, 0.29) is 11.6 Å². The molecule has 1 saturated carbocycles. The van der Waals surface area contributed by atoms with Gasteiger partial charge in [0, 0.05) is 5.39 Å². The van der Waals surface area contributed by atoms with Crippen LogP contribution in [0.1, 0.15) is 29.8 Å². The number of halogens is 1. The van der Waals surface area contributed by atoms with Crippen LogP contribution in [0.3, 0.4) is 0 Å². The Balaban J connectivity index is 1.94. The molecule has 0 unspecified atom stereocenters. The van der Waals surface area contributed by atoms with Crippen molar-refractivity contribution in [3.63, 3.8) is 0 Å². The van der Waals surface area contributed by atoms with Crippen molar-refractivity contribution in [2.24, 2.45) is 0 Å². The zero-order chi connectivity index (χ0) is 14.2. The Labute approximate surface area is 121 Å². The maximum absolute atomic E-state index is 12.2. The van der Waals surface area contributed by atoms with Crippen LogP contribution < -0.4 is 5.32 Å². The van der Waals surface area contributed by atoms with Gasteiger partial charge < -0.3 is 5.32 Å². The van der Waals surface area contributed by atoms with Crippen LogP contribution in [0, 0.1) is 11.3 Å². The Hall–Kier alpha value is -2.12. The summed E-state index contributed by atoms with van der Waals surface area (Å²) in [6.45, 7) is 0. The van der Waals surface area contributed by atoms with Gasteiger partial charge in [-0.1, -0.05) is 35.9 Å². The lowest BCUT2D eigenvalue weighted by molar-refractivity contribution is 0.0876. The molecule has 1 amide bonds. The van der Waals surface area contributed by atoms with E-state index in [1.54, 1.807) is 6.07 Å². The number of aromatic nitrogens is 1. The zero-order valence-electron chi connectivity index (χ0n) is 10.7. The summed E-state index contributed by atoms with van der Waals surface area (Å²) in [4.78, 5) is 16.3. The second kappa shape index (κ2) is 4.77. The smallest absolute Gasteiger partial charge is 0.271 e. The number of pyridine rings is 1. The summed E-state index contributed by atoms with van der Waals surface area (Å²) in [7, 11) is 0. The van der Waals surface area contributed by atoms with Gasteiger partial charge in [-0.2, -0.15) is 5.26 Å². The fourth-order valence-corrected chi connectivity index (χ4v) is 2.61. The molecule has 0 atom stereocenters. The molecule has 0 spiro atoms. The van der Waals surface area contributed by atoms with Gasteiger partial charge in [-0.3, -0.25) is 4.79 Å². The highest BCUT2D eigenvalue weighted by Gasteiger charge is 2.39. The van der Waals surface area contributed by atoms with Gasteiger partial charge in [0.25, 0.3) is 5.91 Å². The summed E-state index contributed by atoms with van der Waals surface area (Å²) in [5.74, 6) is -0.348. The molecule has 1 aromatic carbocycles. The van der Waals surface area contributed by atoms with Crippen LogP contribution in [0.25, 0.3) is 10.8 Å². The second-order valence-corrected chi connectivity index (χ2v) is 5.38. The van der Waals surface area contributed by atoms with Crippen molar-refractivity contribution in [3.05, 3.63) is 41.2 Å². The summed E-state index contributed by atoms with van der Waals surface area (Å²) in [5.41, 5.74) is -0.480. The van der Waals surface area contributed by atoms with E-state index in [0.717, 1.165) is 17.2 Å². The van der Waals surface area contributed by atoms with Crippen LogP contribution in [0.5, 0.6) is 0 Å². The number of carbonyl (C=O) groups is 1. The van der Waals surface area contributed by atoms with Gasteiger partial charge in [0.15, 0.2) is 0 Å². The quantitative estimate of drug-likeness (QED) is 0.862. The minimum absolute atomic E-state index is 0.246. The van der Waals surface area contributed by atoms with Crippen LogP contribution >= 0.6 is 11.6 Å². The van der Waals surface area contributed by atoms with Crippen LogP contribution in [0.4, 0.5) is 0 Å². The fraction of sp³-hybridized carbons (Fsp3) is 0.267. The summed E-state index contributed by atoms with van der Waals surface area (Å²) >= 11 is 6.10. The minimum atomic E-state index is -0.725. The number of carbonyl (C=O) groups excluding carboxylic acids is 1. The average molecular weight is 286 g/mol. The molecular formula is C15H12ClN3O. The van der Waals surface area contributed by atoms with Crippen molar-refractivity contribution in [2.45, 2.75) is 24.8 Å². The van der Waals surface area contributed by atoms with Crippen molar-refractivity contribution in [3.8, 4) is 6.07 Å². The van der Waals surface area contributed by atoms with E-state index in [9.17, 15) is 4.79 Å². The Morgan fingerprint density at radius 3 is 2.80 bits per heavy atom. The maximum atomic E-state index is 12.2. The molecule has 20 heavy (non-hydrogen) atoms. The van der Waals surface area contributed by atoms with E-state index in [0.29, 0.717) is 18.0 Å². The van der Waals surface area contributed by atoms with Crippen molar-refractivity contribution >= 4 is 28.3 Å². The van der Waals surface area contributed by atoms with Crippen molar-refractivity contribution in [2.75, 3.05) is 0 Å². The molecule has 0 bridgehead atoms. The first kappa shape index (κ1) is 12.9. The molecule has 100 valence electrons. The maximum Gasteiger partial charge on any atom is 0.271 e. The first-order valence-corrected chi connectivity index (χ1v) is 6.80. The lowest BCUT2D eigenvalue weighted by Gasteiger charge is -2.35. The highest BCUT2D eigenvalue weighted by atomic mass is 35.5. The summed E-state index contributed by atoms with van der Waals surface area (Å²) < 4.78 is 0. The van der Waals surface area contributed by atoms with Crippen LogP contribution in [-0.4, -0.2) is 16.4 Å². The molecule has 1 aliphatic rings. The predicted octanol–water partition coefficient (Wildman–Crippen LogP) is 3.06. The van der Waals surface area contributed by atoms with Gasteiger partial charge in [0.2, 0.25) is 0 Å². The monoisotopic (exact) mass is 285 g/mol. The Morgan fingerprint density at radius 1 is 1.40 bits per heavy atom. The average Bonchev–Trinajstić information content (AvgIpc) is 2.42. The van der Waals surface area contributed by atoms with Gasteiger partial charge in [0.05, 0.1) is 6.07 Å². The Morgan fingerprint density at radius 2 is 2.15 bits per heavy atom. The van der Waals surface area contributed by atoms with E-state index < -0.39 is 5.54 Å². The number of nitrogens with one attached hydrogen (secondary N) is 1. The molecular weight excluding hydrogens is 274 g/mol. The first-order valence-electron chi connectivity index (χ1n) is 6.43. The first-order chi connectivity index (χ1) is 9.63. The lowest BCUT2D eigenvalue weighted by Crippen LogP contribution is -2.52. The summed E-state index contributed by atoms with van der Waals surface area (Å²) in [5, 5.41) is 13.9. The van der Waals surface area contributed by atoms with Crippen molar-refractivity contribution in [1.29, 1.82) is 5.26 Å². The molecule has 0 saturated heterocycles. The second-order valence-electron chi connectivity index (χ2n) is 5.02. The number of amides is 1. The third kappa shape index (κ3) is 2.10. The normalized spacial score (nSPS) is 16.2. The molecule has 5 heteroatoms. The van der Waals surface area contributed by atoms with E-state index in [1.165, 1.54) is 0 Å². The van der Waals surface area contributed by atoms with Gasteiger partial charge in [-0.05, 0) is 30.7 Å². The molecule has 0 radical (unpaired) electrons. The minimum Gasteiger partial charge on any atom is -0.332 e. The third-order valence-corrected chi connectivity index (χ3v) is 3.99. The number of fused-ring (bicyclic) bond motifs is 1. The lowest BCUT2D eigenvalue weighted by atomic mass is 9.78. The molecule has 1 heterocycles. The van der Waals surface area contributed by atoms with Crippen molar-refractivity contribution < 1.29 is 4.79 Å². The van der Waals surface area contributed by atoms with E-state index in [4.69, 9.17) is 16.9 Å². The van der Waals surface area contributed by atoms with E-state index in [1.807, 2.05) is 24.3 Å². The van der Waals surface area contributed by atoms with Crippen LogP contribution in [0.2, 0.25) is 5.15 Å². The largest absolute Gasteiger partial charge is 0.332 e. The molecule has 1 aliphatic carbocycles. The number of benzene rings is 1. The standard InChI is InChI=1S/C15H12ClN3O/c16-13-11-5-2-1-4-10(11)8-12(18-13)14(20)19-15(9-17)6-3-7-15/h1-2,4-5,8H,3,6-7H2,(H,19,20). The third-order valence-electron chi connectivity index (χ3n) is 3.70. The highest BCUT2D eigenvalue weighted by Crippen LogP contribution is 2.31. The fourth-order valence-electron chi connectivity index (χ4n) is 2.35. The number of nitrogens with zero attached hydrogens (tertiary/aromatic N) is 2. The SMILES string of the molecule is N#CC1(NC(=O)c2cc3ccccc3c(Cl)n2)CCC1. The summed E-state index contributed by atoms with van der Waals surface area (Å²) in [6, 6.07) is 11.4. The molecule has 3 rings (SSSR count). The van der Waals surface area contributed by atoms with Crippen LogP contribution in [0.15, 0.2) is 30.3 Å². The Bertz CT molecular complexity index is 731. The summed E-state index contributed by atoms with van der Waals surface area (Å²) in [6.07, 6.45) is 2.34. The number of hydrogen-bond donors (Lipinski definition) is 1. The number of rotatable bonds is 2. The number of nitriles is 1. The molecule has 1 aromatic heterocycles. The topological polar surface area (TPSA) is 65.8 Å². The van der Waals surface area contributed by atoms with Crippen molar-refractivity contribution in [1.82, 2.24) is 10.3 Å². The van der Waals surface area contributed by atoms with Gasteiger partial charge in [0.1, 0.15) is 16.4 Å². The van der Waals surface area contributed by atoms with E-state index in [2.05, 4.69) is 16.4 Å². The van der Waals surface area contributed by atoms with Gasteiger partial charge in [-0.15, -0.1) is 0 Å². The molecule has 1 N–H and O–H groups in total. The zero-order valence-corrected chi connectivity index (χ0v) is 11.4. The highest BCUT2D eigenvalue weighted by molar-refractivity contribution is 6.34. The molecule has 0 aliphatic heterocycles. The van der Waals surface area contributed by atoms with Gasteiger partial charge >= 0.3 is 0 Å². The Kier molecular flexibility index (Phi) is 3.07. The van der Waals surface area contributed by atoms with Crippen LogP contribution in [-0.2, 0) is 0 Å². The molecule has 1 fully saturated rings.